The Bertz CT molecular complexity index is 578. The molecule has 2 bridgehead atoms. The van der Waals surface area contributed by atoms with Crippen molar-refractivity contribution in [1.82, 2.24) is 9.21 Å². The van der Waals surface area contributed by atoms with Gasteiger partial charge in [-0.05, 0) is 93.7 Å². The SMILES string of the molecule is CC1CCN(C2CC3CCC(C2)N3Sc2ccc(OC(F)F)cc2)CC1. The van der Waals surface area contributed by atoms with Gasteiger partial charge in [-0.15, -0.1) is 0 Å². The Labute approximate surface area is 159 Å². The largest absolute Gasteiger partial charge is 0.435 e. The summed E-state index contributed by atoms with van der Waals surface area (Å²) in [6.07, 6.45) is 7.79. The molecule has 4 rings (SSSR count). The Hall–Kier alpha value is -0.850. The lowest BCUT2D eigenvalue weighted by atomic mass is 9.93. The van der Waals surface area contributed by atoms with Crippen molar-refractivity contribution < 1.29 is 13.5 Å². The minimum atomic E-state index is -2.76. The molecule has 3 nitrogen and oxygen atoms in total. The van der Waals surface area contributed by atoms with E-state index in [-0.39, 0.29) is 5.75 Å². The van der Waals surface area contributed by atoms with Crippen molar-refractivity contribution in [3.05, 3.63) is 24.3 Å². The molecule has 3 aliphatic heterocycles. The van der Waals surface area contributed by atoms with Crippen LogP contribution in [-0.2, 0) is 0 Å². The van der Waals surface area contributed by atoms with Gasteiger partial charge in [-0.2, -0.15) is 8.78 Å². The molecule has 0 spiro atoms. The van der Waals surface area contributed by atoms with Gasteiger partial charge >= 0.3 is 6.61 Å². The number of halogens is 2. The Kier molecular flexibility index (Phi) is 5.72. The highest BCUT2D eigenvalue weighted by Gasteiger charge is 2.43. The Balaban J connectivity index is 1.35. The molecule has 0 amide bonds. The van der Waals surface area contributed by atoms with Gasteiger partial charge in [-0.3, -0.25) is 0 Å². The van der Waals surface area contributed by atoms with Crippen LogP contribution in [-0.4, -0.2) is 47.0 Å². The lowest BCUT2D eigenvalue weighted by molar-refractivity contribution is -0.0498. The predicted octanol–water partition coefficient (Wildman–Crippen LogP) is 5.02. The summed E-state index contributed by atoms with van der Waals surface area (Å²) in [4.78, 5) is 3.85. The fourth-order valence-corrected chi connectivity index (χ4v) is 5.93. The quantitative estimate of drug-likeness (QED) is 0.664. The Morgan fingerprint density at radius 3 is 2.15 bits per heavy atom. The molecule has 3 aliphatic rings. The van der Waals surface area contributed by atoms with E-state index in [0.29, 0.717) is 12.1 Å². The van der Waals surface area contributed by atoms with Crippen LogP contribution in [0.2, 0.25) is 0 Å². The van der Waals surface area contributed by atoms with Crippen LogP contribution in [0.3, 0.4) is 0 Å². The van der Waals surface area contributed by atoms with E-state index in [2.05, 4.69) is 20.9 Å². The standard InChI is InChI=1S/C20H28F2N2OS/c1-14-8-10-23(11-9-14)17-12-15-2-3-16(13-17)24(15)26-19-6-4-18(5-7-19)25-20(21)22/h4-7,14-17,20H,2-3,8-13H2,1H3. The monoisotopic (exact) mass is 382 g/mol. The molecule has 2 atom stereocenters. The molecule has 26 heavy (non-hydrogen) atoms. The summed E-state index contributed by atoms with van der Waals surface area (Å²) in [5.74, 6) is 1.11. The van der Waals surface area contributed by atoms with Crippen molar-refractivity contribution in [3.8, 4) is 5.75 Å². The van der Waals surface area contributed by atoms with Crippen molar-refractivity contribution in [3.63, 3.8) is 0 Å². The number of ether oxygens (including phenoxy) is 1. The highest BCUT2D eigenvalue weighted by molar-refractivity contribution is 7.97. The molecule has 0 saturated carbocycles. The highest BCUT2D eigenvalue weighted by atomic mass is 32.2. The van der Waals surface area contributed by atoms with Gasteiger partial charge in [-0.1, -0.05) is 6.92 Å². The molecular weight excluding hydrogens is 354 g/mol. The second kappa shape index (κ2) is 8.03. The lowest BCUT2D eigenvalue weighted by Gasteiger charge is -2.44. The van der Waals surface area contributed by atoms with E-state index in [1.54, 1.807) is 24.1 Å². The fourth-order valence-electron chi connectivity index (χ4n) is 4.75. The van der Waals surface area contributed by atoms with Crippen LogP contribution in [0.1, 0.15) is 45.4 Å². The van der Waals surface area contributed by atoms with Crippen molar-refractivity contribution in [2.24, 2.45) is 5.92 Å². The average molecular weight is 383 g/mol. The maximum Gasteiger partial charge on any atom is 0.387 e. The number of hydrogen-bond donors (Lipinski definition) is 0. The molecular formula is C20H28F2N2OS. The van der Waals surface area contributed by atoms with Crippen LogP contribution in [0.4, 0.5) is 8.78 Å². The van der Waals surface area contributed by atoms with Gasteiger partial charge in [0.2, 0.25) is 0 Å². The number of fused-ring (bicyclic) bond motifs is 2. The smallest absolute Gasteiger partial charge is 0.387 e. The number of rotatable bonds is 5. The molecule has 2 unspecified atom stereocenters. The second-order valence-electron chi connectivity index (χ2n) is 8.03. The lowest BCUT2D eigenvalue weighted by Crippen LogP contribution is -2.50. The zero-order valence-electron chi connectivity index (χ0n) is 15.3. The maximum atomic E-state index is 12.3. The van der Waals surface area contributed by atoms with E-state index in [1.807, 2.05) is 12.1 Å². The van der Waals surface area contributed by atoms with E-state index in [9.17, 15) is 8.78 Å². The van der Waals surface area contributed by atoms with Crippen LogP contribution in [0.15, 0.2) is 29.2 Å². The van der Waals surface area contributed by atoms with Gasteiger partial charge in [0.1, 0.15) is 5.75 Å². The van der Waals surface area contributed by atoms with Crippen LogP contribution >= 0.6 is 11.9 Å². The third-order valence-electron chi connectivity index (χ3n) is 6.24. The van der Waals surface area contributed by atoms with E-state index in [1.165, 1.54) is 51.6 Å². The number of alkyl halides is 2. The van der Waals surface area contributed by atoms with E-state index in [0.717, 1.165) is 16.9 Å². The first kappa shape index (κ1) is 18.5. The first-order chi connectivity index (χ1) is 12.6. The molecule has 3 heterocycles. The summed E-state index contributed by atoms with van der Waals surface area (Å²) in [5, 5.41) is 0. The summed E-state index contributed by atoms with van der Waals surface area (Å²) in [7, 11) is 0. The molecule has 6 heteroatoms. The zero-order chi connectivity index (χ0) is 18.1. The summed E-state index contributed by atoms with van der Waals surface area (Å²) < 4.78 is 31.6. The predicted molar refractivity (Wildman–Crippen MR) is 101 cm³/mol. The molecule has 0 aromatic heterocycles. The van der Waals surface area contributed by atoms with Crippen molar-refractivity contribution in [2.75, 3.05) is 13.1 Å². The zero-order valence-corrected chi connectivity index (χ0v) is 16.1. The number of hydrogen-bond acceptors (Lipinski definition) is 4. The molecule has 0 radical (unpaired) electrons. The van der Waals surface area contributed by atoms with Gasteiger partial charge < -0.3 is 9.64 Å². The minimum absolute atomic E-state index is 0.227. The topological polar surface area (TPSA) is 15.7 Å². The number of piperidine rings is 2. The molecule has 144 valence electrons. The molecule has 3 fully saturated rings. The molecule has 0 aliphatic carbocycles. The number of nitrogens with zero attached hydrogens (tertiary/aromatic N) is 2. The Morgan fingerprint density at radius 1 is 0.962 bits per heavy atom. The first-order valence-electron chi connectivity index (χ1n) is 9.83. The van der Waals surface area contributed by atoms with Crippen LogP contribution < -0.4 is 4.74 Å². The first-order valence-corrected chi connectivity index (χ1v) is 10.6. The van der Waals surface area contributed by atoms with Crippen LogP contribution in [0, 0.1) is 5.92 Å². The normalized spacial score (nSPS) is 30.8. The fraction of sp³-hybridized carbons (Fsp3) is 0.700. The van der Waals surface area contributed by atoms with E-state index < -0.39 is 6.61 Å². The van der Waals surface area contributed by atoms with Crippen molar-refractivity contribution in [2.45, 2.75) is 75.1 Å². The average Bonchev–Trinajstić information content (AvgIpc) is 2.85. The van der Waals surface area contributed by atoms with Gasteiger partial charge in [0.25, 0.3) is 0 Å². The molecule has 1 aromatic rings. The third-order valence-corrected chi connectivity index (χ3v) is 7.53. The van der Waals surface area contributed by atoms with Crippen molar-refractivity contribution >= 4 is 11.9 Å². The molecule has 3 saturated heterocycles. The maximum absolute atomic E-state index is 12.3. The summed E-state index contributed by atoms with van der Waals surface area (Å²) in [6, 6.07) is 9.08. The van der Waals surface area contributed by atoms with Gasteiger partial charge in [0.15, 0.2) is 0 Å². The summed E-state index contributed by atoms with van der Waals surface area (Å²) in [5.41, 5.74) is 0. The summed E-state index contributed by atoms with van der Waals surface area (Å²) >= 11 is 1.79. The highest BCUT2D eigenvalue weighted by Crippen LogP contribution is 2.44. The Morgan fingerprint density at radius 2 is 1.58 bits per heavy atom. The van der Waals surface area contributed by atoms with E-state index in [4.69, 9.17) is 0 Å². The third kappa shape index (κ3) is 4.18. The number of likely N-dealkylation sites (tertiary alicyclic amines) is 1. The second-order valence-corrected chi connectivity index (χ2v) is 9.11. The number of benzene rings is 1. The molecule has 0 N–H and O–H groups in total. The van der Waals surface area contributed by atoms with Crippen molar-refractivity contribution in [1.29, 1.82) is 0 Å². The van der Waals surface area contributed by atoms with Gasteiger partial charge in [0, 0.05) is 23.0 Å². The van der Waals surface area contributed by atoms with E-state index >= 15 is 0 Å². The summed E-state index contributed by atoms with van der Waals surface area (Å²) in [6.45, 7) is 2.15. The van der Waals surface area contributed by atoms with Crippen LogP contribution in [0.25, 0.3) is 0 Å². The minimum Gasteiger partial charge on any atom is -0.435 e. The van der Waals surface area contributed by atoms with Crippen LogP contribution in [0.5, 0.6) is 5.75 Å². The van der Waals surface area contributed by atoms with Gasteiger partial charge in [0.05, 0.1) is 0 Å². The van der Waals surface area contributed by atoms with Gasteiger partial charge in [-0.25, -0.2) is 4.31 Å². The molecule has 1 aromatic carbocycles.